The van der Waals surface area contributed by atoms with Gasteiger partial charge in [-0.05, 0) is 25.5 Å². The van der Waals surface area contributed by atoms with Crippen LogP contribution in [0, 0.1) is 0 Å². The normalized spacial score (nSPS) is 25.6. The molecule has 0 unspecified atom stereocenters. The van der Waals surface area contributed by atoms with Crippen LogP contribution in [0.4, 0.5) is 0 Å². The number of nitrogens with one attached hydrogen (secondary N) is 1. The lowest BCUT2D eigenvalue weighted by atomic mass is 9.95. The van der Waals surface area contributed by atoms with Crippen LogP contribution in [0.5, 0.6) is 0 Å². The van der Waals surface area contributed by atoms with Crippen LogP contribution in [-0.4, -0.2) is 60.8 Å². The lowest BCUT2D eigenvalue weighted by Gasteiger charge is -2.39. The summed E-state index contributed by atoms with van der Waals surface area (Å²) in [7, 11) is 0. The maximum Gasteiger partial charge on any atom is 0.0594 e. The molecule has 2 aliphatic rings. The molecule has 0 aromatic heterocycles. The van der Waals surface area contributed by atoms with Crippen molar-refractivity contribution >= 4 is 11.8 Å². The molecule has 0 amide bonds. The van der Waals surface area contributed by atoms with Crippen LogP contribution >= 0.6 is 11.8 Å². The van der Waals surface area contributed by atoms with Crippen molar-refractivity contribution in [3.8, 4) is 0 Å². The molecular weight excluding hydrogens is 256 g/mol. The molecule has 1 aliphatic heterocycles. The first kappa shape index (κ1) is 15.6. The van der Waals surface area contributed by atoms with Crippen LogP contribution in [0.1, 0.15) is 39.5 Å². The summed E-state index contributed by atoms with van der Waals surface area (Å²) in [6.45, 7) is 9.87. The highest BCUT2D eigenvalue weighted by atomic mass is 32.2. The quantitative estimate of drug-likeness (QED) is 0.776. The first-order valence-electron chi connectivity index (χ1n) is 7.90. The summed E-state index contributed by atoms with van der Waals surface area (Å²) in [6.07, 6.45) is 5.49. The molecule has 0 bridgehead atoms. The minimum absolute atomic E-state index is 0.380. The Labute approximate surface area is 122 Å². The highest BCUT2D eigenvalue weighted by Gasteiger charge is 2.36. The zero-order valence-corrected chi connectivity index (χ0v) is 13.4. The van der Waals surface area contributed by atoms with Gasteiger partial charge in [0.15, 0.2) is 0 Å². The smallest absolute Gasteiger partial charge is 0.0594 e. The zero-order chi connectivity index (χ0) is 13.6. The van der Waals surface area contributed by atoms with Gasteiger partial charge < -0.3 is 10.1 Å². The van der Waals surface area contributed by atoms with E-state index in [2.05, 4.69) is 24.1 Å². The van der Waals surface area contributed by atoms with E-state index in [1.165, 1.54) is 43.7 Å². The molecule has 3 nitrogen and oxygen atoms in total. The van der Waals surface area contributed by atoms with Gasteiger partial charge in [-0.1, -0.05) is 19.8 Å². The van der Waals surface area contributed by atoms with Crippen LogP contribution in [0.15, 0.2) is 0 Å². The molecule has 1 aliphatic carbocycles. The number of hydrogen-bond donors (Lipinski definition) is 1. The fraction of sp³-hybridized carbons (Fsp3) is 1.00. The Balaban J connectivity index is 1.85. The van der Waals surface area contributed by atoms with Crippen LogP contribution in [0.2, 0.25) is 0 Å². The van der Waals surface area contributed by atoms with Gasteiger partial charge in [0, 0.05) is 37.0 Å². The average Bonchev–Trinajstić information content (AvgIpc) is 2.85. The highest BCUT2D eigenvalue weighted by Crippen LogP contribution is 2.31. The van der Waals surface area contributed by atoms with Gasteiger partial charge in [-0.25, -0.2) is 0 Å². The Hall–Kier alpha value is 0.230. The van der Waals surface area contributed by atoms with Crippen LogP contribution in [-0.2, 0) is 4.74 Å². The molecule has 4 heteroatoms. The van der Waals surface area contributed by atoms with Crippen molar-refractivity contribution < 1.29 is 4.74 Å². The number of ether oxygens (including phenoxy) is 1. The summed E-state index contributed by atoms with van der Waals surface area (Å²) in [4.78, 5) is 2.60. The number of hydrogen-bond acceptors (Lipinski definition) is 4. The summed E-state index contributed by atoms with van der Waals surface area (Å²) in [5.41, 5.74) is 0.380. The van der Waals surface area contributed by atoms with Crippen molar-refractivity contribution in [1.82, 2.24) is 10.2 Å². The van der Waals surface area contributed by atoms with Gasteiger partial charge >= 0.3 is 0 Å². The number of thioether (sulfide) groups is 1. The van der Waals surface area contributed by atoms with Gasteiger partial charge in [0.05, 0.1) is 13.2 Å². The second kappa shape index (κ2) is 7.87. The van der Waals surface area contributed by atoms with Gasteiger partial charge in [0.1, 0.15) is 0 Å². The second-order valence-electron chi connectivity index (χ2n) is 6.08. The second-order valence-corrected chi connectivity index (χ2v) is 7.40. The molecule has 0 aromatic carbocycles. The Kier molecular flexibility index (Phi) is 6.46. The first-order chi connectivity index (χ1) is 9.24. The Morgan fingerprint density at radius 2 is 1.95 bits per heavy atom. The summed E-state index contributed by atoms with van der Waals surface area (Å²) in [5, 5.41) is 3.97. The Morgan fingerprint density at radius 3 is 2.58 bits per heavy atom. The van der Waals surface area contributed by atoms with E-state index in [1.54, 1.807) is 0 Å². The lowest BCUT2D eigenvalue weighted by molar-refractivity contribution is 0.0230. The molecule has 2 fully saturated rings. The van der Waals surface area contributed by atoms with E-state index in [0.717, 1.165) is 26.3 Å². The summed E-state index contributed by atoms with van der Waals surface area (Å²) < 4.78 is 5.47. The van der Waals surface area contributed by atoms with Crippen molar-refractivity contribution in [1.29, 1.82) is 0 Å². The molecule has 1 heterocycles. The molecule has 112 valence electrons. The fourth-order valence-electron chi connectivity index (χ4n) is 3.45. The van der Waals surface area contributed by atoms with Gasteiger partial charge in [-0.3, -0.25) is 4.90 Å². The minimum Gasteiger partial charge on any atom is -0.379 e. The predicted molar refractivity (Wildman–Crippen MR) is 84.1 cm³/mol. The molecule has 0 aromatic rings. The monoisotopic (exact) mass is 286 g/mol. The predicted octanol–water partition coefficient (Wildman–Crippen LogP) is 2.36. The Bertz CT molecular complexity index is 251. The molecule has 1 atom stereocenters. The zero-order valence-electron chi connectivity index (χ0n) is 12.6. The van der Waals surface area contributed by atoms with E-state index in [4.69, 9.17) is 4.74 Å². The Morgan fingerprint density at radius 1 is 1.26 bits per heavy atom. The third-order valence-corrected chi connectivity index (χ3v) is 5.46. The summed E-state index contributed by atoms with van der Waals surface area (Å²) in [5.74, 6) is 2.46. The van der Waals surface area contributed by atoms with Crippen LogP contribution < -0.4 is 5.32 Å². The number of nitrogens with zero attached hydrogens (tertiary/aromatic N) is 1. The molecule has 1 N–H and O–H groups in total. The topological polar surface area (TPSA) is 24.5 Å². The third kappa shape index (κ3) is 4.92. The molecule has 1 saturated heterocycles. The van der Waals surface area contributed by atoms with Crippen LogP contribution in [0.3, 0.4) is 0 Å². The van der Waals surface area contributed by atoms with Crippen molar-refractivity contribution in [2.24, 2.45) is 0 Å². The summed E-state index contributed by atoms with van der Waals surface area (Å²) >= 11 is 2.05. The van der Waals surface area contributed by atoms with Crippen molar-refractivity contribution in [3.63, 3.8) is 0 Å². The van der Waals surface area contributed by atoms with Crippen LogP contribution in [0.25, 0.3) is 0 Å². The fourth-order valence-corrected chi connectivity index (χ4v) is 4.12. The SMILES string of the molecule is CCSC[C@@H](C)NC1(CN2CCOCC2)CCCC1. The molecule has 19 heavy (non-hydrogen) atoms. The largest absolute Gasteiger partial charge is 0.379 e. The van der Waals surface area contributed by atoms with E-state index < -0.39 is 0 Å². The molecule has 0 radical (unpaired) electrons. The average molecular weight is 286 g/mol. The van der Waals surface area contributed by atoms with Gasteiger partial charge in [-0.2, -0.15) is 11.8 Å². The maximum absolute atomic E-state index is 5.47. The van der Waals surface area contributed by atoms with E-state index >= 15 is 0 Å². The standard InChI is InChI=1S/C15H30N2OS/c1-3-19-12-14(2)16-15(6-4-5-7-15)13-17-8-10-18-11-9-17/h14,16H,3-13H2,1-2H3/t14-/m1/s1. The van der Waals surface area contributed by atoms with Gasteiger partial charge in [0.2, 0.25) is 0 Å². The van der Waals surface area contributed by atoms with Crippen molar-refractivity contribution in [2.45, 2.75) is 51.1 Å². The molecular formula is C15H30N2OS. The third-order valence-electron chi connectivity index (χ3n) is 4.32. The number of morpholine rings is 1. The van der Waals surface area contributed by atoms with Gasteiger partial charge in [-0.15, -0.1) is 0 Å². The summed E-state index contributed by atoms with van der Waals surface area (Å²) in [6, 6.07) is 0.629. The first-order valence-corrected chi connectivity index (χ1v) is 9.05. The molecule has 0 spiro atoms. The number of rotatable bonds is 7. The van der Waals surface area contributed by atoms with Crippen molar-refractivity contribution in [3.05, 3.63) is 0 Å². The van der Waals surface area contributed by atoms with E-state index in [1.807, 2.05) is 11.8 Å². The molecule has 2 rings (SSSR count). The molecule has 1 saturated carbocycles. The lowest BCUT2D eigenvalue weighted by Crippen LogP contribution is -2.56. The minimum atomic E-state index is 0.380. The highest BCUT2D eigenvalue weighted by molar-refractivity contribution is 7.99. The van der Waals surface area contributed by atoms with E-state index in [0.29, 0.717) is 11.6 Å². The maximum atomic E-state index is 5.47. The van der Waals surface area contributed by atoms with E-state index in [-0.39, 0.29) is 0 Å². The van der Waals surface area contributed by atoms with Gasteiger partial charge in [0.25, 0.3) is 0 Å². The van der Waals surface area contributed by atoms with Crippen molar-refractivity contribution in [2.75, 3.05) is 44.4 Å². The van der Waals surface area contributed by atoms with E-state index in [9.17, 15) is 0 Å².